The van der Waals surface area contributed by atoms with Crippen molar-refractivity contribution in [3.05, 3.63) is 85.5 Å². The van der Waals surface area contributed by atoms with E-state index in [0.29, 0.717) is 6.07 Å². The standard InChI is InChI=1S/C23H10ClF11IN3O3/c24-15-5-4-9(8-37-15)19(41)39(42)14-3-1-2-11(16(14)25)18(40)38-17-12(21(27,28)29)6-10(7-13(17)36)20(26,22(30,31)32)23(33,34)35/h1-8,42H,(H,38,40). The molecule has 1 heterocycles. The number of hydrogen-bond acceptors (Lipinski definition) is 4. The maximum atomic E-state index is 15.2. The highest BCUT2D eigenvalue weighted by molar-refractivity contribution is 14.1. The van der Waals surface area contributed by atoms with Crippen LogP contribution in [0.1, 0.15) is 31.8 Å². The number of aromatic nitrogens is 1. The van der Waals surface area contributed by atoms with E-state index in [0.717, 1.165) is 53.1 Å². The van der Waals surface area contributed by atoms with Crippen molar-refractivity contribution in [1.82, 2.24) is 4.98 Å². The number of hydrogen-bond donors (Lipinski definition) is 2. The highest BCUT2D eigenvalue weighted by atomic mass is 127. The Bertz CT molecular complexity index is 1510. The number of benzene rings is 2. The van der Waals surface area contributed by atoms with Crippen LogP contribution < -0.4 is 10.4 Å². The quantitative estimate of drug-likeness (QED) is 0.0910. The molecule has 0 unspecified atom stereocenters. The Morgan fingerprint density at radius 2 is 1.52 bits per heavy atom. The molecule has 6 nitrogen and oxygen atoms in total. The van der Waals surface area contributed by atoms with E-state index in [1.807, 2.05) is 0 Å². The summed E-state index contributed by atoms with van der Waals surface area (Å²) in [7, 11) is 0. The zero-order valence-corrected chi connectivity index (χ0v) is 22.6. The van der Waals surface area contributed by atoms with Crippen LogP contribution in [0.5, 0.6) is 0 Å². The molecule has 0 saturated carbocycles. The summed E-state index contributed by atoms with van der Waals surface area (Å²) in [5.74, 6) is -4.70. The van der Waals surface area contributed by atoms with Gasteiger partial charge in [0.05, 0.1) is 22.4 Å². The molecule has 0 aliphatic carbocycles. The monoisotopic (exact) mass is 747 g/mol. The number of rotatable bonds is 5. The number of hydroxylamine groups is 1. The normalized spacial score (nSPS) is 12.7. The van der Waals surface area contributed by atoms with Crippen molar-refractivity contribution < 1.29 is 63.1 Å². The molecule has 2 aromatic carbocycles. The molecule has 0 spiro atoms. The molecule has 0 aliphatic heterocycles. The molecule has 0 saturated heterocycles. The van der Waals surface area contributed by atoms with Gasteiger partial charge < -0.3 is 5.32 Å². The molecule has 19 heteroatoms. The zero-order valence-electron chi connectivity index (χ0n) is 19.7. The zero-order chi connectivity index (χ0) is 32.0. The number of anilines is 2. The number of carbonyl (C=O) groups is 2. The lowest BCUT2D eigenvalue weighted by Gasteiger charge is -2.31. The number of halogens is 13. The lowest BCUT2D eigenvalue weighted by atomic mass is 9.92. The SMILES string of the molecule is O=C(Nc1c(I)cc(C(F)(C(F)(F)F)C(F)(F)F)cc1C(F)(F)F)c1cccc(N(O)C(=O)c2ccc(Cl)nc2)c1F. The van der Waals surface area contributed by atoms with Crippen LogP contribution in [0.4, 0.5) is 59.7 Å². The number of amides is 2. The Morgan fingerprint density at radius 1 is 0.929 bits per heavy atom. The molecule has 0 bridgehead atoms. The van der Waals surface area contributed by atoms with Gasteiger partial charge in [-0.3, -0.25) is 14.8 Å². The maximum Gasteiger partial charge on any atom is 0.435 e. The molecule has 2 amide bonds. The molecule has 2 N–H and O–H groups in total. The highest BCUT2D eigenvalue weighted by Crippen LogP contribution is 2.54. The number of nitrogens with one attached hydrogen (secondary N) is 1. The van der Waals surface area contributed by atoms with Crippen molar-refractivity contribution in [3.8, 4) is 0 Å². The van der Waals surface area contributed by atoms with E-state index in [1.165, 1.54) is 5.32 Å². The van der Waals surface area contributed by atoms with Crippen molar-refractivity contribution in [2.75, 3.05) is 10.4 Å². The van der Waals surface area contributed by atoms with Gasteiger partial charge in [0.2, 0.25) is 0 Å². The largest absolute Gasteiger partial charge is 0.435 e. The first-order valence-corrected chi connectivity index (χ1v) is 12.0. The van der Waals surface area contributed by atoms with Crippen molar-refractivity contribution >= 4 is 57.4 Å². The first kappa shape index (κ1) is 33.2. The molecular formula is C23H10ClF11IN3O3. The second kappa shape index (κ2) is 11.4. The summed E-state index contributed by atoms with van der Waals surface area (Å²) in [6, 6.07) is 3.57. The summed E-state index contributed by atoms with van der Waals surface area (Å²) >= 11 is 6.41. The smallest absolute Gasteiger partial charge is 0.320 e. The number of carbonyl (C=O) groups excluding carboxylic acids is 2. The van der Waals surface area contributed by atoms with E-state index >= 15 is 4.39 Å². The third kappa shape index (κ3) is 6.24. The molecular weight excluding hydrogens is 738 g/mol. The third-order valence-corrected chi connectivity index (χ3v) is 6.51. The van der Waals surface area contributed by atoms with Gasteiger partial charge in [0.25, 0.3) is 11.8 Å². The Hall–Kier alpha value is -3.26. The summed E-state index contributed by atoms with van der Waals surface area (Å²) in [5, 5.41) is 11.4. The molecule has 1 aromatic heterocycles. The van der Waals surface area contributed by atoms with Gasteiger partial charge in [0.15, 0.2) is 5.82 Å². The van der Waals surface area contributed by atoms with Crippen molar-refractivity contribution in [3.63, 3.8) is 0 Å². The van der Waals surface area contributed by atoms with E-state index in [-0.39, 0.29) is 21.8 Å². The van der Waals surface area contributed by atoms with Crippen molar-refractivity contribution in [2.45, 2.75) is 24.2 Å². The Balaban J connectivity index is 2.07. The summed E-state index contributed by atoms with van der Waals surface area (Å²) < 4.78 is 149. The van der Waals surface area contributed by atoms with E-state index in [4.69, 9.17) is 11.6 Å². The van der Waals surface area contributed by atoms with Gasteiger partial charge in [-0.1, -0.05) is 17.7 Å². The van der Waals surface area contributed by atoms with Gasteiger partial charge in [-0.2, -0.15) is 44.6 Å². The second-order valence-electron chi connectivity index (χ2n) is 8.11. The van der Waals surface area contributed by atoms with E-state index < -0.39 is 79.5 Å². The fourth-order valence-corrected chi connectivity index (χ4v) is 4.29. The van der Waals surface area contributed by atoms with Crippen LogP contribution in [0.25, 0.3) is 0 Å². The predicted molar refractivity (Wildman–Crippen MR) is 131 cm³/mol. The van der Waals surface area contributed by atoms with Crippen LogP contribution in [-0.4, -0.2) is 34.4 Å². The average Bonchev–Trinajstić information content (AvgIpc) is 2.86. The predicted octanol–water partition coefficient (Wildman–Crippen LogP) is 8.08. The van der Waals surface area contributed by atoms with Crippen molar-refractivity contribution in [2.24, 2.45) is 0 Å². The number of pyridine rings is 1. The van der Waals surface area contributed by atoms with E-state index in [9.17, 15) is 58.7 Å². The van der Waals surface area contributed by atoms with Crippen LogP contribution in [0.2, 0.25) is 5.15 Å². The molecule has 3 rings (SSSR count). The first-order chi connectivity index (χ1) is 19.1. The Labute approximate surface area is 245 Å². The van der Waals surface area contributed by atoms with Crippen molar-refractivity contribution in [1.29, 1.82) is 0 Å². The Morgan fingerprint density at radius 3 is 2.02 bits per heavy atom. The van der Waals surface area contributed by atoms with E-state index in [2.05, 4.69) is 4.98 Å². The topological polar surface area (TPSA) is 82.5 Å². The number of alkyl halides is 10. The van der Waals surface area contributed by atoms with Crippen LogP contribution >= 0.6 is 34.2 Å². The highest BCUT2D eigenvalue weighted by Gasteiger charge is 2.73. The molecule has 3 aromatic rings. The summed E-state index contributed by atoms with van der Waals surface area (Å²) in [5.41, 5.74) is -14.9. The minimum Gasteiger partial charge on any atom is -0.320 e. The average molecular weight is 748 g/mol. The van der Waals surface area contributed by atoms with Gasteiger partial charge in [-0.15, -0.1) is 0 Å². The van der Waals surface area contributed by atoms with Gasteiger partial charge in [0.1, 0.15) is 10.8 Å². The summed E-state index contributed by atoms with van der Waals surface area (Å²) in [4.78, 5) is 28.8. The molecule has 42 heavy (non-hydrogen) atoms. The fourth-order valence-electron chi connectivity index (χ4n) is 3.42. The van der Waals surface area contributed by atoms with Gasteiger partial charge in [-0.05, 0) is 59.0 Å². The molecule has 0 aliphatic rings. The second-order valence-corrected chi connectivity index (χ2v) is 9.66. The lowest BCUT2D eigenvalue weighted by molar-refractivity contribution is -0.348. The minimum absolute atomic E-state index is 0.0456. The molecule has 0 fully saturated rings. The minimum atomic E-state index is -6.73. The summed E-state index contributed by atoms with van der Waals surface area (Å²) in [6.07, 6.45) is -18.3. The maximum absolute atomic E-state index is 15.2. The molecule has 0 atom stereocenters. The Kier molecular flexibility index (Phi) is 9.05. The number of nitrogens with zero attached hydrogens (tertiary/aromatic N) is 2. The van der Waals surface area contributed by atoms with Crippen LogP contribution in [0.3, 0.4) is 0 Å². The van der Waals surface area contributed by atoms with Crippen LogP contribution in [-0.2, 0) is 11.8 Å². The van der Waals surface area contributed by atoms with Gasteiger partial charge >= 0.3 is 24.2 Å². The molecule has 0 radical (unpaired) electrons. The van der Waals surface area contributed by atoms with Crippen LogP contribution in [0, 0.1) is 9.39 Å². The van der Waals surface area contributed by atoms with E-state index in [1.54, 1.807) is 0 Å². The first-order valence-electron chi connectivity index (χ1n) is 10.6. The molecule has 226 valence electrons. The van der Waals surface area contributed by atoms with Crippen LogP contribution in [0.15, 0.2) is 48.7 Å². The van der Waals surface area contributed by atoms with Gasteiger partial charge in [0, 0.05) is 15.3 Å². The third-order valence-electron chi connectivity index (χ3n) is 5.43. The summed E-state index contributed by atoms with van der Waals surface area (Å²) in [6.45, 7) is 0. The fraction of sp³-hybridized carbons (Fsp3) is 0.174. The van der Waals surface area contributed by atoms with Gasteiger partial charge in [-0.25, -0.2) is 13.8 Å². The lowest BCUT2D eigenvalue weighted by Crippen LogP contribution is -2.50.